The fourth-order valence-electron chi connectivity index (χ4n) is 1.28. The smallest absolute Gasteiger partial charge is 0.267 e. The van der Waals surface area contributed by atoms with Crippen molar-refractivity contribution in [1.29, 1.82) is 0 Å². The molecule has 5 heteroatoms. The van der Waals surface area contributed by atoms with E-state index in [-0.39, 0.29) is 11.2 Å². The SMILES string of the molecule is CC(C)(C)NC[C@H](O)c1cccc(C(N)=O)n1. The zero-order valence-electron chi connectivity index (χ0n) is 10.4. The van der Waals surface area contributed by atoms with E-state index in [4.69, 9.17) is 5.73 Å². The lowest BCUT2D eigenvalue weighted by Gasteiger charge is -2.22. The maximum atomic E-state index is 11.0. The van der Waals surface area contributed by atoms with E-state index in [9.17, 15) is 9.90 Å². The highest BCUT2D eigenvalue weighted by Crippen LogP contribution is 2.11. The van der Waals surface area contributed by atoms with Gasteiger partial charge >= 0.3 is 0 Å². The molecule has 1 rings (SSSR count). The van der Waals surface area contributed by atoms with Crippen LogP contribution in [0.3, 0.4) is 0 Å². The van der Waals surface area contributed by atoms with Gasteiger partial charge in [-0.1, -0.05) is 6.07 Å². The maximum Gasteiger partial charge on any atom is 0.267 e. The number of carbonyl (C=O) groups excluding carboxylic acids is 1. The van der Waals surface area contributed by atoms with Gasteiger partial charge in [-0.3, -0.25) is 4.79 Å². The summed E-state index contributed by atoms with van der Waals surface area (Å²) in [5.41, 5.74) is 5.65. The van der Waals surface area contributed by atoms with Crippen LogP contribution in [0.2, 0.25) is 0 Å². The van der Waals surface area contributed by atoms with E-state index in [0.717, 1.165) is 0 Å². The fourth-order valence-corrected chi connectivity index (χ4v) is 1.28. The summed E-state index contributed by atoms with van der Waals surface area (Å²) in [5, 5.41) is 13.1. The minimum Gasteiger partial charge on any atom is -0.385 e. The van der Waals surface area contributed by atoms with Gasteiger partial charge in [-0.25, -0.2) is 4.98 Å². The number of nitrogens with one attached hydrogen (secondary N) is 1. The standard InChI is InChI=1S/C12H19N3O2/c1-12(2,3)14-7-10(16)8-5-4-6-9(15-8)11(13)17/h4-6,10,14,16H,7H2,1-3H3,(H2,13,17)/t10-/m0/s1. The summed E-state index contributed by atoms with van der Waals surface area (Å²) in [6, 6.07) is 4.85. The van der Waals surface area contributed by atoms with Crippen molar-refractivity contribution in [2.24, 2.45) is 5.73 Å². The van der Waals surface area contributed by atoms with Crippen molar-refractivity contribution < 1.29 is 9.90 Å². The van der Waals surface area contributed by atoms with Crippen LogP contribution in [0.5, 0.6) is 0 Å². The Balaban J connectivity index is 2.72. The molecule has 0 aliphatic heterocycles. The lowest BCUT2D eigenvalue weighted by atomic mass is 10.1. The van der Waals surface area contributed by atoms with Crippen molar-refractivity contribution in [2.45, 2.75) is 32.4 Å². The second-order valence-electron chi connectivity index (χ2n) is 4.96. The van der Waals surface area contributed by atoms with Crippen LogP contribution in [0.15, 0.2) is 18.2 Å². The van der Waals surface area contributed by atoms with E-state index in [2.05, 4.69) is 10.3 Å². The van der Waals surface area contributed by atoms with Crippen LogP contribution in [0, 0.1) is 0 Å². The number of primary amides is 1. The maximum absolute atomic E-state index is 11.0. The molecule has 4 N–H and O–H groups in total. The Morgan fingerprint density at radius 1 is 1.53 bits per heavy atom. The molecule has 0 bridgehead atoms. The van der Waals surface area contributed by atoms with Crippen LogP contribution < -0.4 is 11.1 Å². The van der Waals surface area contributed by atoms with Gasteiger partial charge in [0.1, 0.15) is 11.8 Å². The van der Waals surface area contributed by atoms with E-state index >= 15 is 0 Å². The molecule has 0 aromatic carbocycles. The van der Waals surface area contributed by atoms with Gasteiger partial charge in [-0.05, 0) is 32.9 Å². The number of nitrogens with two attached hydrogens (primary N) is 1. The van der Waals surface area contributed by atoms with Gasteiger partial charge in [0, 0.05) is 12.1 Å². The molecule has 1 atom stereocenters. The number of β-amino-alcohol motifs (C(OH)–C–C–N with tert-alkyl or cyclic N) is 1. The van der Waals surface area contributed by atoms with Crippen LogP contribution in [-0.4, -0.2) is 28.1 Å². The first-order valence-corrected chi connectivity index (χ1v) is 5.49. The molecule has 0 aliphatic carbocycles. The molecular formula is C12H19N3O2. The Kier molecular flexibility index (Phi) is 4.20. The van der Waals surface area contributed by atoms with Crippen LogP contribution in [0.1, 0.15) is 43.1 Å². The predicted molar refractivity (Wildman–Crippen MR) is 65.5 cm³/mol. The molecule has 0 fully saturated rings. The Morgan fingerprint density at radius 2 is 2.18 bits per heavy atom. The molecule has 0 aliphatic rings. The number of aromatic nitrogens is 1. The third kappa shape index (κ3) is 4.50. The second kappa shape index (κ2) is 5.25. The molecule has 1 amide bonds. The zero-order chi connectivity index (χ0) is 13.1. The summed E-state index contributed by atoms with van der Waals surface area (Å²) in [4.78, 5) is 15.0. The van der Waals surface area contributed by atoms with E-state index in [1.54, 1.807) is 12.1 Å². The van der Waals surface area contributed by atoms with Crippen LogP contribution in [-0.2, 0) is 0 Å². The summed E-state index contributed by atoms with van der Waals surface area (Å²) in [6.07, 6.45) is -0.756. The zero-order valence-corrected chi connectivity index (χ0v) is 10.4. The minimum atomic E-state index is -0.756. The molecule has 5 nitrogen and oxygen atoms in total. The molecule has 0 spiro atoms. The molecule has 0 saturated heterocycles. The molecular weight excluding hydrogens is 218 g/mol. The number of nitrogens with zero attached hydrogens (tertiary/aromatic N) is 1. The number of aliphatic hydroxyl groups is 1. The number of pyridine rings is 1. The van der Waals surface area contributed by atoms with Gasteiger partial charge in [0.2, 0.25) is 0 Å². The van der Waals surface area contributed by atoms with Gasteiger partial charge in [0.05, 0.1) is 5.69 Å². The predicted octanol–water partition coefficient (Wildman–Crippen LogP) is 0.602. The summed E-state index contributed by atoms with van der Waals surface area (Å²) in [6.45, 7) is 6.39. The minimum absolute atomic E-state index is 0.0811. The Bertz CT molecular complexity index is 399. The highest BCUT2D eigenvalue weighted by Gasteiger charge is 2.15. The molecule has 1 aromatic heterocycles. The average molecular weight is 237 g/mol. The van der Waals surface area contributed by atoms with Crippen molar-refractivity contribution in [3.8, 4) is 0 Å². The highest BCUT2D eigenvalue weighted by atomic mass is 16.3. The number of hydrogen-bond donors (Lipinski definition) is 3. The van der Waals surface area contributed by atoms with Gasteiger partial charge in [0.15, 0.2) is 0 Å². The normalized spacial score (nSPS) is 13.4. The summed E-state index contributed by atoms with van der Waals surface area (Å²) in [7, 11) is 0. The van der Waals surface area contributed by atoms with Crippen LogP contribution in [0.4, 0.5) is 0 Å². The van der Waals surface area contributed by atoms with Crippen molar-refractivity contribution in [3.63, 3.8) is 0 Å². The first kappa shape index (κ1) is 13.6. The number of amides is 1. The first-order valence-electron chi connectivity index (χ1n) is 5.49. The molecule has 0 saturated carbocycles. The molecule has 17 heavy (non-hydrogen) atoms. The third-order valence-corrected chi connectivity index (χ3v) is 2.19. The molecule has 0 radical (unpaired) electrons. The van der Waals surface area contributed by atoms with Gasteiger partial charge in [-0.2, -0.15) is 0 Å². The topological polar surface area (TPSA) is 88.2 Å². The molecule has 0 unspecified atom stereocenters. The van der Waals surface area contributed by atoms with Gasteiger partial charge in [-0.15, -0.1) is 0 Å². The number of hydrogen-bond acceptors (Lipinski definition) is 4. The monoisotopic (exact) mass is 237 g/mol. The first-order chi connectivity index (χ1) is 7.79. The lowest BCUT2D eigenvalue weighted by Crippen LogP contribution is -2.38. The Morgan fingerprint density at radius 3 is 2.71 bits per heavy atom. The summed E-state index contributed by atoms with van der Waals surface area (Å²) in [5.74, 6) is -0.595. The van der Waals surface area contributed by atoms with Crippen molar-refractivity contribution >= 4 is 5.91 Å². The molecule has 1 heterocycles. The Hall–Kier alpha value is -1.46. The van der Waals surface area contributed by atoms with E-state index in [0.29, 0.717) is 12.2 Å². The summed E-state index contributed by atoms with van der Waals surface area (Å²) >= 11 is 0. The summed E-state index contributed by atoms with van der Waals surface area (Å²) < 4.78 is 0. The van der Waals surface area contributed by atoms with E-state index in [1.807, 2.05) is 20.8 Å². The van der Waals surface area contributed by atoms with Crippen molar-refractivity contribution in [3.05, 3.63) is 29.6 Å². The second-order valence-corrected chi connectivity index (χ2v) is 4.96. The lowest BCUT2D eigenvalue weighted by molar-refractivity contribution is 0.0994. The van der Waals surface area contributed by atoms with Crippen molar-refractivity contribution in [2.75, 3.05) is 6.54 Å². The van der Waals surface area contributed by atoms with Crippen molar-refractivity contribution in [1.82, 2.24) is 10.3 Å². The quantitative estimate of drug-likeness (QED) is 0.715. The third-order valence-electron chi connectivity index (χ3n) is 2.19. The van der Waals surface area contributed by atoms with Gasteiger partial charge < -0.3 is 16.2 Å². The van der Waals surface area contributed by atoms with E-state index in [1.165, 1.54) is 6.07 Å². The number of carbonyl (C=O) groups is 1. The molecule has 94 valence electrons. The largest absolute Gasteiger partial charge is 0.385 e. The van der Waals surface area contributed by atoms with Gasteiger partial charge in [0.25, 0.3) is 5.91 Å². The highest BCUT2D eigenvalue weighted by molar-refractivity contribution is 5.90. The molecule has 1 aromatic rings. The number of rotatable bonds is 4. The number of aliphatic hydroxyl groups excluding tert-OH is 1. The Labute approximate surface area is 101 Å². The average Bonchev–Trinajstić information content (AvgIpc) is 2.25. The van der Waals surface area contributed by atoms with Crippen LogP contribution >= 0.6 is 0 Å². The fraction of sp³-hybridized carbons (Fsp3) is 0.500. The van der Waals surface area contributed by atoms with Crippen LogP contribution in [0.25, 0.3) is 0 Å². The van der Waals surface area contributed by atoms with E-state index < -0.39 is 12.0 Å².